The number of carbonyl (C=O) groups excluding carboxylic acids is 12. The molecule has 12 saturated heterocycles. The van der Waals surface area contributed by atoms with Gasteiger partial charge in [0, 0.05) is 65.7 Å². The molecule has 0 aromatic carbocycles. The molecule has 30 atom stereocenters. The summed E-state index contributed by atoms with van der Waals surface area (Å²) in [6.45, 7) is -3.37. The van der Waals surface area contributed by atoms with Crippen molar-refractivity contribution in [3.8, 4) is 0 Å². The normalized spacial score (nSPS) is 37.3. The number of carbonyl (C=O) groups is 12. The standard InChI is InChI=1S/2C13H16F2O7S.2C12H14F2O8S.C12H14F2O7S.C11H12F2O8S/c1-13(14,15)12(17)21-3-2-20-11(16)9-6-4-7-8(5-6)23(18,19)22-10(7)9;1-13(14,15)12(17)21-3-2-20-11(16)9-6-4-7-8(5-6)22-23(18,19)10(7)9;1-12(13,14)11(16)20-3-2-19-10(15)7-5-4-6-8(21-5)9(7)22-23(6,17)18;1-12(13,14)11(16)20-3-2-19-10(15)7-5-4-6-8(21-5)9(7)23(17,18)22-6;1-12(13,14)11(16)20-4-19-10(15)8-5-2-6-7(3-5)21-22(17,18)9(6)8;1-11(12,13)10(15)19-3-18-9(14)6-4-2-5-7(20-4)8(6)21-22(5,16)17/h2*6-10H,2-5H2,1H3;2*5-9H,2-4H2,1H3;5-9H,2-4H2,1H3;4-8H,2-3H2,1H3. The maximum Gasteiger partial charge on any atom is 0.379 e. The maximum absolute atomic E-state index is 12.6. The molecule has 63 heteroatoms. The van der Waals surface area contributed by atoms with Crippen LogP contribution in [0.15, 0.2) is 0 Å². The first-order valence-corrected chi connectivity index (χ1v) is 50.3. The first-order valence-electron chi connectivity index (χ1n) is 41.5. The van der Waals surface area contributed by atoms with Gasteiger partial charge in [0.15, 0.2) is 0 Å². The second-order valence-electron chi connectivity index (χ2n) is 35.1. The summed E-state index contributed by atoms with van der Waals surface area (Å²) in [4.78, 5) is 137. The van der Waals surface area contributed by atoms with Gasteiger partial charge in [-0.1, -0.05) is 0 Å². The molecule has 136 heavy (non-hydrogen) atoms. The fourth-order valence-electron chi connectivity index (χ4n) is 20.3. The lowest BCUT2D eigenvalue weighted by molar-refractivity contribution is -0.188. The van der Waals surface area contributed by atoms with Crippen LogP contribution in [0.25, 0.3) is 0 Å². The Morgan fingerprint density at radius 2 is 0.507 bits per heavy atom. The van der Waals surface area contributed by atoms with E-state index in [0.29, 0.717) is 80.1 Å². The van der Waals surface area contributed by atoms with Crippen LogP contribution in [0.1, 0.15) is 99.3 Å². The average Bonchev–Trinajstić information content (AvgIpc) is 1.52. The van der Waals surface area contributed by atoms with Crippen molar-refractivity contribution in [2.45, 2.75) is 240 Å². The number of ether oxygens (including phenoxy) is 15. The molecule has 30 unspecified atom stereocenters. The first-order chi connectivity index (χ1) is 62.7. The van der Waals surface area contributed by atoms with Crippen molar-refractivity contribution in [1.82, 2.24) is 0 Å². The monoisotopic (exact) mass is 2100 g/mol. The molecule has 0 aromatic rings. The predicted octanol–water partition coefficient (Wildman–Crippen LogP) is 0.196. The van der Waals surface area contributed by atoms with Gasteiger partial charge in [-0.15, -0.1) is 0 Å². The minimum absolute atomic E-state index is 0.107. The summed E-state index contributed by atoms with van der Waals surface area (Å²) in [5.41, 5.74) is 0. The van der Waals surface area contributed by atoms with Gasteiger partial charge in [-0.05, 0) is 69.1 Å². The molecule has 6 saturated carbocycles. The van der Waals surface area contributed by atoms with Gasteiger partial charge in [0.1, 0.15) is 133 Å². The summed E-state index contributed by atoms with van der Waals surface area (Å²) >= 11 is 0. The zero-order chi connectivity index (χ0) is 101. The summed E-state index contributed by atoms with van der Waals surface area (Å²) in [5.74, 6) is -43.3. The largest absolute Gasteiger partial charge is 0.462 e. The van der Waals surface area contributed by atoms with Gasteiger partial charge in [0.05, 0.1) is 59.6 Å². The molecule has 18 fully saturated rings. The van der Waals surface area contributed by atoms with E-state index in [9.17, 15) is 161 Å². The van der Waals surface area contributed by atoms with Crippen molar-refractivity contribution in [2.24, 2.45) is 71.0 Å². The quantitative estimate of drug-likeness (QED) is 0.0252. The third-order valence-electron chi connectivity index (χ3n) is 25.8. The Hall–Kier alpha value is -7.86. The van der Waals surface area contributed by atoms with E-state index in [-0.39, 0.29) is 73.6 Å². The van der Waals surface area contributed by atoms with E-state index in [1.807, 2.05) is 0 Å². The van der Waals surface area contributed by atoms with Crippen molar-refractivity contribution >= 4 is 132 Å². The van der Waals surface area contributed by atoms with E-state index in [1.54, 1.807) is 0 Å². The molecule has 0 spiro atoms. The van der Waals surface area contributed by atoms with Crippen LogP contribution in [-0.2, 0) is 214 Å². The van der Waals surface area contributed by atoms with Gasteiger partial charge in [-0.2, -0.15) is 103 Å². The molecule has 6 aliphatic carbocycles. The summed E-state index contributed by atoms with van der Waals surface area (Å²) < 4.78 is 392. The Balaban J connectivity index is 0.000000138. The highest BCUT2D eigenvalue weighted by atomic mass is 32.2. The van der Waals surface area contributed by atoms with Gasteiger partial charge < -0.3 is 71.1 Å². The first kappa shape index (κ1) is 105. The lowest BCUT2D eigenvalue weighted by Crippen LogP contribution is -2.41. The zero-order valence-electron chi connectivity index (χ0n) is 71.1. The third-order valence-corrected chi connectivity index (χ3v) is 36.3. The molecule has 12 heterocycles. The topological polar surface area (TPSA) is 604 Å². The fourth-order valence-corrected chi connectivity index (χ4v) is 31.6. The van der Waals surface area contributed by atoms with Crippen molar-refractivity contribution < 1.29 is 257 Å². The summed E-state index contributed by atoms with van der Waals surface area (Å²) in [6.07, 6.45) is -4.23. The van der Waals surface area contributed by atoms with Gasteiger partial charge in [-0.25, -0.2) is 28.8 Å². The Morgan fingerprint density at radius 1 is 0.235 bits per heavy atom. The van der Waals surface area contributed by atoms with Crippen LogP contribution in [-0.4, -0.2) is 329 Å². The highest BCUT2D eigenvalue weighted by Crippen LogP contribution is 2.61. The van der Waals surface area contributed by atoms with Crippen LogP contribution in [0.2, 0.25) is 0 Å². The summed E-state index contributed by atoms with van der Waals surface area (Å²) in [6, 6.07) is 0. The number of alkyl halides is 12. The van der Waals surface area contributed by atoms with E-state index in [4.69, 9.17) is 58.3 Å². The number of rotatable bonds is 28. The number of esters is 12. The molecule has 45 nitrogen and oxygen atoms in total. The number of hydrogen-bond donors (Lipinski definition) is 0. The van der Waals surface area contributed by atoms with Gasteiger partial charge in [-0.3, -0.25) is 53.9 Å². The average molecular weight is 2100 g/mol. The van der Waals surface area contributed by atoms with E-state index in [2.05, 4.69) is 37.9 Å². The van der Waals surface area contributed by atoms with Gasteiger partial charge >= 0.3 is 107 Å². The Kier molecular flexibility index (Phi) is 29.6. The molecule has 0 aromatic heterocycles. The van der Waals surface area contributed by atoms with Crippen LogP contribution in [0.3, 0.4) is 0 Å². The second kappa shape index (κ2) is 38.2. The summed E-state index contributed by atoms with van der Waals surface area (Å²) in [5, 5.41) is -5.03. The van der Waals surface area contributed by atoms with Crippen molar-refractivity contribution in [3.63, 3.8) is 0 Å². The summed E-state index contributed by atoms with van der Waals surface area (Å²) in [7, 11) is -22.6. The SMILES string of the molecule is CC(F)(F)C(=O)OCCOC(=O)C1C2CC3C(O2)C1OS3(=O)=O.CC(F)(F)C(=O)OCCOC(=O)C1C2CC3C1OS(=O)(=O)C3C2.CC(F)(F)C(=O)OCCOC(=O)C1C2CC3OS(=O)(=O)C1C3C2.CC(F)(F)C(=O)OCCOC(=O)C1C2CC3OS(=O)(=O)C1C3O2.CC(F)(F)C(=O)OCOC(=O)C1C2CC3C(O2)C1OS3(=O)=O.CC(F)(F)C(=O)OCOC(=O)C1C2CC3OS(=O)(=O)C1C3C2. The van der Waals surface area contributed by atoms with Crippen molar-refractivity contribution in [2.75, 3.05) is 66.4 Å². The Bertz CT molecular complexity index is 5200. The molecule has 0 radical (unpaired) electrons. The minimum Gasteiger partial charge on any atom is -0.462 e. The Morgan fingerprint density at radius 3 is 0.882 bits per heavy atom. The molecule has 18 rings (SSSR count). The van der Waals surface area contributed by atoms with Crippen LogP contribution in [0, 0.1) is 71.0 Å². The van der Waals surface area contributed by atoms with Gasteiger partial charge in [0.2, 0.25) is 13.6 Å². The highest BCUT2D eigenvalue weighted by molar-refractivity contribution is 7.89. The lowest BCUT2D eigenvalue weighted by Gasteiger charge is -2.23. The Labute approximate surface area is 762 Å². The fraction of sp³-hybridized carbons (Fsp3) is 0.836. The van der Waals surface area contributed by atoms with E-state index < -0.39 is 356 Å². The molecule has 18 aliphatic rings. The molecule has 0 N–H and O–H groups in total. The van der Waals surface area contributed by atoms with Crippen LogP contribution >= 0.6 is 0 Å². The zero-order valence-corrected chi connectivity index (χ0v) is 76.0. The second-order valence-corrected chi connectivity index (χ2v) is 45.6. The number of halogens is 12. The number of hydrogen-bond acceptors (Lipinski definition) is 45. The van der Waals surface area contributed by atoms with E-state index in [1.165, 1.54) is 0 Å². The van der Waals surface area contributed by atoms with E-state index in [0.717, 1.165) is 0 Å². The molecule has 0 amide bonds. The van der Waals surface area contributed by atoms with Crippen molar-refractivity contribution in [3.05, 3.63) is 0 Å². The molecular formula is C73H86F12O45S6. The van der Waals surface area contributed by atoms with Crippen LogP contribution in [0.5, 0.6) is 0 Å². The number of fused-ring (bicyclic) bond motifs is 6. The van der Waals surface area contributed by atoms with Crippen molar-refractivity contribution in [1.29, 1.82) is 0 Å². The molecule has 12 aliphatic heterocycles. The van der Waals surface area contributed by atoms with E-state index >= 15 is 0 Å². The molecular weight excluding hydrogens is 2020 g/mol. The minimum atomic E-state index is -3.90. The smallest absolute Gasteiger partial charge is 0.379 e. The van der Waals surface area contributed by atoms with Crippen LogP contribution < -0.4 is 0 Å². The van der Waals surface area contributed by atoms with Crippen LogP contribution in [0.4, 0.5) is 52.7 Å². The molecule has 12 bridgehead atoms. The van der Waals surface area contributed by atoms with Gasteiger partial charge in [0.25, 0.3) is 60.7 Å². The maximum atomic E-state index is 12.6. The lowest BCUT2D eigenvalue weighted by atomic mass is 9.86. The predicted molar refractivity (Wildman–Crippen MR) is 400 cm³/mol. The third kappa shape index (κ3) is 21.6. The molecule has 768 valence electrons. The highest BCUT2D eigenvalue weighted by Gasteiger charge is 2.74.